The molecule has 0 fully saturated rings. The molecule has 25 heavy (non-hydrogen) atoms. The van der Waals surface area contributed by atoms with Gasteiger partial charge in [-0.3, -0.25) is 9.52 Å². The summed E-state index contributed by atoms with van der Waals surface area (Å²) in [6.07, 6.45) is 0. The van der Waals surface area contributed by atoms with Gasteiger partial charge in [-0.1, -0.05) is 24.3 Å². The van der Waals surface area contributed by atoms with Crippen molar-refractivity contribution in [3.63, 3.8) is 0 Å². The van der Waals surface area contributed by atoms with E-state index >= 15 is 0 Å². The number of benzene rings is 2. The molecule has 0 aromatic heterocycles. The number of ketones is 1. The smallest absolute Gasteiger partial charge is 0.152 e. The highest BCUT2D eigenvalue weighted by Gasteiger charge is 2.04. The highest BCUT2D eigenvalue weighted by Crippen LogP contribution is 2.15. The molecule has 0 aliphatic heterocycles. The number of nitrogens with one attached hydrogen (secondary N) is 1. The number of carbonyl (C=O) groups excluding carboxylic acids is 1. The lowest BCUT2D eigenvalue weighted by atomic mass is 10.2. The zero-order chi connectivity index (χ0) is 18.2. The molecule has 132 valence electrons. The summed E-state index contributed by atoms with van der Waals surface area (Å²) in [5.74, 6) is 5.88. The van der Waals surface area contributed by atoms with Crippen LogP contribution in [0.3, 0.4) is 0 Å². The highest BCUT2D eigenvalue weighted by atomic mass is 32.2. The third kappa shape index (κ3) is 6.54. The van der Waals surface area contributed by atoms with Crippen LogP contribution < -0.4 is 16.3 Å². The molecule has 5 N–H and O–H groups in total. The number of carbonyl (C=O) groups is 1. The molecule has 0 aliphatic carbocycles. The van der Waals surface area contributed by atoms with Crippen molar-refractivity contribution in [3.8, 4) is 0 Å². The van der Waals surface area contributed by atoms with Crippen LogP contribution in [0.15, 0.2) is 58.5 Å². The number of nitrogens with two attached hydrogens (primary N) is 2. The SMILES string of the molecule is CC(=O)CNSc1ccc(/C(N)=N/N(N)Cc2ccc(F)cc2)cc1. The normalized spacial score (nSPS) is 11.4. The molecule has 0 heterocycles. The third-order valence-corrected chi connectivity index (χ3v) is 3.95. The first kappa shape index (κ1) is 18.9. The van der Waals surface area contributed by atoms with Crippen LogP contribution in [-0.2, 0) is 11.3 Å². The second kappa shape index (κ2) is 9.16. The lowest BCUT2D eigenvalue weighted by Gasteiger charge is -2.14. The van der Waals surface area contributed by atoms with Crippen LogP contribution >= 0.6 is 11.9 Å². The molecule has 0 atom stereocenters. The summed E-state index contributed by atoms with van der Waals surface area (Å²) >= 11 is 1.37. The van der Waals surface area contributed by atoms with E-state index in [1.807, 2.05) is 24.3 Å². The summed E-state index contributed by atoms with van der Waals surface area (Å²) in [5, 5.41) is 5.33. The quantitative estimate of drug-likeness (QED) is 0.219. The van der Waals surface area contributed by atoms with Gasteiger partial charge in [0.25, 0.3) is 0 Å². The van der Waals surface area contributed by atoms with Crippen molar-refractivity contribution in [2.75, 3.05) is 6.54 Å². The van der Waals surface area contributed by atoms with Crippen molar-refractivity contribution in [2.24, 2.45) is 16.7 Å². The average molecular weight is 361 g/mol. The zero-order valence-corrected chi connectivity index (χ0v) is 14.6. The lowest BCUT2D eigenvalue weighted by Crippen LogP contribution is -2.29. The van der Waals surface area contributed by atoms with E-state index in [0.717, 1.165) is 16.0 Å². The summed E-state index contributed by atoms with van der Waals surface area (Å²) in [5.41, 5.74) is 7.52. The van der Waals surface area contributed by atoms with E-state index in [1.54, 1.807) is 12.1 Å². The highest BCUT2D eigenvalue weighted by molar-refractivity contribution is 7.97. The van der Waals surface area contributed by atoms with E-state index in [9.17, 15) is 9.18 Å². The Balaban J connectivity index is 1.93. The van der Waals surface area contributed by atoms with Crippen LogP contribution in [0, 0.1) is 5.82 Å². The monoisotopic (exact) mass is 361 g/mol. The molecule has 6 nitrogen and oxygen atoms in total. The first-order chi connectivity index (χ1) is 11.9. The van der Waals surface area contributed by atoms with Gasteiger partial charge in [0.15, 0.2) is 5.84 Å². The molecule has 0 amide bonds. The fourth-order valence-corrected chi connectivity index (χ4v) is 2.64. The molecule has 2 rings (SSSR count). The number of nitrogens with zero attached hydrogens (tertiary/aromatic N) is 2. The second-order valence-corrected chi connectivity index (χ2v) is 6.32. The first-order valence-corrected chi connectivity index (χ1v) is 8.36. The number of hydrazone groups is 1. The van der Waals surface area contributed by atoms with Gasteiger partial charge in [-0.25, -0.2) is 15.4 Å². The van der Waals surface area contributed by atoms with Gasteiger partial charge >= 0.3 is 0 Å². The Kier molecular flexibility index (Phi) is 6.93. The number of hydrogen-bond donors (Lipinski definition) is 3. The average Bonchev–Trinajstić information content (AvgIpc) is 2.57. The van der Waals surface area contributed by atoms with Crippen LogP contribution in [0.4, 0.5) is 4.39 Å². The molecule has 2 aromatic carbocycles. The fraction of sp³-hybridized carbons (Fsp3) is 0.176. The molecule has 0 unspecified atom stereocenters. The number of hydrogen-bond acceptors (Lipinski definition) is 6. The Bertz CT molecular complexity index is 734. The Labute approximate surface area is 150 Å². The van der Waals surface area contributed by atoms with Gasteiger partial charge in [0.2, 0.25) is 0 Å². The minimum absolute atomic E-state index is 0.0738. The molecule has 8 heteroatoms. The minimum Gasteiger partial charge on any atom is -0.382 e. The van der Waals surface area contributed by atoms with E-state index in [4.69, 9.17) is 11.6 Å². The van der Waals surface area contributed by atoms with Crippen molar-refractivity contribution >= 4 is 23.6 Å². The molecule has 0 saturated carbocycles. The maximum absolute atomic E-state index is 12.9. The number of Topliss-reactive ketones (excluding diaryl/α,β-unsaturated/α-hetero) is 1. The Morgan fingerprint density at radius 3 is 2.44 bits per heavy atom. The number of halogens is 1. The topological polar surface area (TPSA) is 96.7 Å². The van der Waals surface area contributed by atoms with E-state index in [2.05, 4.69) is 9.82 Å². The number of hydrazine groups is 1. The minimum atomic E-state index is -0.300. The molecular weight excluding hydrogens is 341 g/mol. The molecule has 0 saturated heterocycles. The predicted octanol–water partition coefficient (Wildman–Crippen LogP) is 2.01. The summed E-state index contributed by atoms with van der Waals surface area (Å²) in [4.78, 5) is 11.8. The Morgan fingerprint density at radius 1 is 1.20 bits per heavy atom. The van der Waals surface area contributed by atoms with Crippen LogP contribution in [0.25, 0.3) is 0 Å². The molecule has 0 bridgehead atoms. The number of rotatable bonds is 8. The van der Waals surface area contributed by atoms with Crippen LogP contribution in [0.2, 0.25) is 0 Å². The molecule has 2 aromatic rings. The van der Waals surface area contributed by atoms with Gasteiger partial charge in [-0.2, -0.15) is 0 Å². The molecule has 0 aliphatic rings. The summed E-state index contributed by atoms with van der Waals surface area (Å²) in [6, 6.07) is 13.4. The van der Waals surface area contributed by atoms with Crippen molar-refractivity contribution < 1.29 is 9.18 Å². The van der Waals surface area contributed by atoms with Crippen molar-refractivity contribution in [2.45, 2.75) is 18.4 Å². The lowest BCUT2D eigenvalue weighted by molar-refractivity contribution is -0.115. The zero-order valence-electron chi connectivity index (χ0n) is 13.8. The van der Waals surface area contributed by atoms with Crippen molar-refractivity contribution in [1.82, 2.24) is 9.84 Å². The maximum Gasteiger partial charge on any atom is 0.152 e. The maximum atomic E-state index is 12.9. The molecular formula is C17H20FN5OS. The third-order valence-electron chi connectivity index (χ3n) is 3.16. The van der Waals surface area contributed by atoms with Gasteiger partial charge in [-0.15, -0.1) is 5.10 Å². The number of amidine groups is 1. The standard InChI is InChI=1S/C17H20FN5OS/c1-12(24)10-21-25-16-8-4-14(5-9-16)17(19)22-23(20)11-13-2-6-15(18)7-3-13/h2-9,21H,10-11,20H2,1H3,(H2,19,22). The van der Waals surface area contributed by atoms with Crippen molar-refractivity contribution in [1.29, 1.82) is 0 Å². The van der Waals surface area contributed by atoms with Gasteiger partial charge < -0.3 is 5.73 Å². The van der Waals surface area contributed by atoms with Gasteiger partial charge in [0.05, 0.1) is 13.1 Å². The van der Waals surface area contributed by atoms with E-state index in [0.29, 0.717) is 13.1 Å². The van der Waals surface area contributed by atoms with E-state index in [1.165, 1.54) is 36.1 Å². The molecule has 0 spiro atoms. The predicted molar refractivity (Wildman–Crippen MR) is 97.8 cm³/mol. The van der Waals surface area contributed by atoms with Gasteiger partial charge in [0, 0.05) is 10.5 Å². The fourth-order valence-electron chi connectivity index (χ4n) is 1.92. The van der Waals surface area contributed by atoms with Gasteiger partial charge in [0.1, 0.15) is 11.6 Å². The van der Waals surface area contributed by atoms with Crippen LogP contribution in [-0.4, -0.2) is 23.3 Å². The Hall–Kier alpha value is -2.42. The first-order valence-electron chi connectivity index (χ1n) is 7.54. The Morgan fingerprint density at radius 2 is 1.84 bits per heavy atom. The van der Waals surface area contributed by atoms with E-state index in [-0.39, 0.29) is 17.4 Å². The molecule has 0 radical (unpaired) electrons. The van der Waals surface area contributed by atoms with E-state index < -0.39 is 0 Å². The summed E-state index contributed by atoms with van der Waals surface area (Å²) in [7, 11) is 0. The van der Waals surface area contributed by atoms with Crippen LogP contribution in [0.5, 0.6) is 0 Å². The van der Waals surface area contributed by atoms with Crippen LogP contribution in [0.1, 0.15) is 18.1 Å². The summed E-state index contributed by atoms with van der Waals surface area (Å²) in [6.45, 7) is 2.14. The van der Waals surface area contributed by atoms with Crippen molar-refractivity contribution in [3.05, 3.63) is 65.5 Å². The largest absolute Gasteiger partial charge is 0.382 e. The van der Waals surface area contributed by atoms with Gasteiger partial charge in [-0.05, 0) is 48.7 Å². The summed E-state index contributed by atoms with van der Waals surface area (Å²) < 4.78 is 15.9. The second-order valence-electron chi connectivity index (χ2n) is 5.36.